The second-order valence-corrected chi connectivity index (χ2v) is 5.22. The highest BCUT2D eigenvalue weighted by molar-refractivity contribution is 5.14. The minimum absolute atomic E-state index is 0.420. The molecule has 2 N–H and O–H groups in total. The molecule has 0 aromatic heterocycles. The van der Waals surface area contributed by atoms with Gasteiger partial charge in [0, 0.05) is 13.1 Å². The van der Waals surface area contributed by atoms with Crippen LogP contribution in [0, 0.1) is 5.41 Å². The predicted molar refractivity (Wildman–Crippen MR) is 68.1 cm³/mol. The number of hydrogen-bond donors (Lipinski definition) is 1. The zero-order valence-corrected chi connectivity index (χ0v) is 10.2. The normalized spacial score (nSPS) is 18.4. The van der Waals surface area contributed by atoms with Gasteiger partial charge in [0.15, 0.2) is 0 Å². The third-order valence-corrected chi connectivity index (χ3v) is 3.75. The molecule has 0 unspecified atom stereocenters. The summed E-state index contributed by atoms with van der Waals surface area (Å²) in [5.41, 5.74) is 7.69. The summed E-state index contributed by atoms with van der Waals surface area (Å²) in [6.07, 6.45) is 3.97. The average molecular weight is 218 g/mol. The molecule has 2 rings (SSSR count). The summed E-state index contributed by atoms with van der Waals surface area (Å²) in [5.74, 6) is 0. The molecule has 1 aliphatic rings. The zero-order valence-electron chi connectivity index (χ0n) is 10.2. The van der Waals surface area contributed by atoms with Crippen LogP contribution in [0.15, 0.2) is 30.3 Å². The van der Waals surface area contributed by atoms with Gasteiger partial charge in [-0.25, -0.2) is 0 Å². The fourth-order valence-electron chi connectivity index (χ4n) is 2.63. The SMILES string of the molecule is CN(Cc1ccccc1)CC1(CN)CCC1. The van der Waals surface area contributed by atoms with Gasteiger partial charge in [0.2, 0.25) is 0 Å². The van der Waals surface area contributed by atoms with E-state index >= 15 is 0 Å². The topological polar surface area (TPSA) is 29.3 Å². The van der Waals surface area contributed by atoms with Crippen molar-refractivity contribution in [2.45, 2.75) is 25.8 Å². The summed E-state index contributed by atoms with van der Waals surface area (Å²) in [6.45, 7) is 3.01. The van der Waals surface area contributed by atoms with Crippen molar-refractivity contribution in [2.24, 2.45) is 11.1 Å². The van der Waals surface area contributed by atoms with E-state index in [1.165, 1.54) is 24.8 Å². The van der Waals surface area contributed by atoms with Crippen molar-refractivity contribution in [3.63, 3.8) is 0 Å². The van der Waals surface area contributed by atoms with Gasteiger partial charge in [-0.2, -0.15) is 0 Å². The Kier molecular flexibility index (Phi) is 3.62. The first kappa shape index (κ1) is 11.6. The molecular formula is C14H22N2. The van der Waals surface area contributed by atoms with Crippen LogP contribution in [0.2, 0.25) is 0 Å². The van der Waals surface area contributed by atoms with Crippen molar-refractivity contribution in [3.8, 4) is 0 Å². The third kappa shape index (κ3) is 2.63. The van der Waals surface area contributed by atoms with Gasteiger partial charge in [0.25, 0.3) is 0 Å². The Morgan fingerprint density at radius 3 is 2.44 bits per heavy atom. The number of nitrogens with two attached hydrogens (primary N) is 1. The fraction of sp³-hybridized carbons (Fsp3) is 0.571. The maximum absolute atomic E-state index is 5.88. The summed E-state index contributed by atoms with van der Waals surface area (Å²) < 4.78 is 0. The van der Waals surface area contributed by atoms with E-state index in [4.69, 9.17) is 5.73 Å². The van der Waals surface area contributed by atoms with Gasteiger partial charge in [0.1, 0.15) is 0 Å². The van der Waals surface area contributed by atoms with E-state index in [1.54, 1.807) is 0 Å². The van der Waals surface area contributed by atoms with Crippen LogP contribution < -0.4 is 5.73 Å². The quantitative estimate of drug-likeness (QED) is 0.821. The Morgan fingerprint density at radius 2 is 1.94 bits per heavy atom. The maximum Gasteiger partial charge on any atom is 0.0230 e. The van der Waals surface area contributed by atoms with Gasteiger partial charge in [0.05, 0.1) is 0 Å². The highest BCUT2D eigenvalue weighted by Gasteiger charge is 2.36. The summed E-state index contributed by atoms with van der Waals surface area (Å²) in [7, 11) is 2.20. The van der Waals surface area contributed by atoms with Crippen molar-refractivity contribution in [3.05, 3.63) is 35.9 Å². The molecule has 0 amide bonds. The monoisotopic (exact) mass is 218 g/mol. The van der Waals surface area contributed by atoms with E-state index < -0.39 is 0 Å². The van der Waals surface area contributed by atoms with Gasteiger partial charge in [-0.3, -0.25) is 0 Å². The molecule has 0 atom stereocenters. The Labute approximate surface area is 98.4 Å². The largest absolute Gasteiger partial charge is 0.330 e. The molecule has 0 bridgehead atoms. The van der Waals surface area contributed by atoms with Crippen LogP contribution in [0.3, 0.4) is 0 Å². The van der Waals surface area contributed by atoms with E-state index in [0.717, 1.165) is 19.6 Å². The molecule has 0 spiro atoms. The molecule has 1 saturated carbocycles. The maximum atomic E-state index is 5.88. The summed E-state index contributed by atoms with van der Waals surface area (Å²) in [5, 5.41) is 0. The molecule has 1 aliphatic carbocycles. The van der Waals surface area contributed by atoms with Gasteiger partial charge in [-0.05, 0) is 37.4 Å². The minimum Gasteiger partial charge on any atom is -0.330 e. The zero-order chi connectivity index (χ0) is 11.4. The van der Waals surface area contributed by atoms with Gasteiger partial charge < -0.3 is 10.6 Å². The van der Waals surface area contributed by atoms with E-state index in [-0.39, 0.29) is 0 Å². The molecule has 16 heavy (non-hydrogen) atoms. The van der Waals surface area contributed by atoms with E-state index in [2.05, 4.69) is 42.3 Å². The molecule has 1 fully saturated rings. The van der Waals surface area contributed by atoms with Gasteiger partial charge in [-0.1, -0.05) is 36.8 Å². The first-order valence-corrected chi connectivity index (χ1v) is 6.17. The fourth-order valence-corrected chi connectivity index (χ4v) is 2.63. The molecule has 0 heterocycles. The first-order chi connectivity index (χ1) is 7.74. The van der Waals surface area contributed by atoms with Crippen LogP contribution in [0.25, 0.3) is 0 Å². The van der Waals surface area contributed by atoms with Crippen molar-refractivity contribution < 1.29 is 0 Å². The highest BCUT2D eigenvalue weighted by atomic mass is 15.1. The number of rotatable bonds is 5. The molecule has 0 aliphatic heterocycles. The predicted octanol–water partition coefficient (Wildman–Crippen LogP) is 2.25. The Hall–Kier alpha value is -0.860. The lowest BCUT2D eigenvalue weighted by Gasteiger charge is -2.43. The Balaban J connectivity index is 1.87. The molecule has 2 heteroatoms. The van der Waals surface area contributed by atoms with Crippen molar-refractivity contribution in [1.82, 2.24) is 4.90 Å². The number of hydrogen-bond acceptors (Lipinski definition) is 2. The molecule has 0 radical (unpaired) electrons. The second-order valence-electron chi connectivity index (χ2n) is 5.22. The highest BCUT2D eigenvalue weighted by Crippen LogP contribution is 2.40. The lowest BCUT2D eigenvalue weighted by molar-refractivity contribution is 0.0845. The molecule has 1 aromatic rings. The van der Waals surface area contributed by atoms with Crippen molar-refractivity contribution in [2.75, 3.05) is 20.1 Å². The van der Waals surface area contributed by atoms with Crippen molar-refractivity contribution in [1.29, 1.82) is 0 Å². The van der Waals surface area contributed by atoms with Gasteiger partial charge >= 0.3 is 0 Å². The third-order valence-electron chi connectivity index (χ3n) is 3.75. The summed E-state index contributed by atoms with van der Waals surface area (Å²) >= 11 is 0. The van der Waals surface area contributed by atoms with Crippen LogP contribution in [0.1, 0.15) is 24.8 Å². The van der Waals surface area contributed by atoms with Crippen LogP contribution in [0.5, 0.6) is 0 Å². The van der Waals surface area contributed by atoms with Crippen LogP contribution >= 0.6 is 0 Å². The average Bonchev–Trinajstić information content (AvgIpc) is 2.25. The second kappa shape index (κ2) is 4.98. The van der Waals surface area contributed by atoms with Crippen LogP contribution in [0.4, 0.5) is 0 Å². The van der Waals surface area contributed by atoms with Crippen LogP contribution in [-0.2, 0) is 6.54 Å². The Bertz CT molecular complexity index is 311. The van der Waals surface area contributed by atoms with Gasteiger partial charge in [-0.15, -0.1) is 0 Å². The number of benzene rings is 1. The van der Waals surface area contributed by atoms with E-state index in [1.807, 2.05) is 0 Å². The van der Waals surface area contributed by atoms with Crippen molar-refractivity contribution >= 4 is 0 Å². The molecule has 1 aromatic carbocycles. The molecule has 88 valence electrons. The molecular weight excluding hydrogens is 196 g/mol. The lowest BCUT2D eigenvalue weighted by Crippen LogP contribution is -2.45. The summed E-state index contributed by atoms with van der Waals surface area (Å²) in [6, 6.07) is 10.6. The molecule has 0 saturated heterocycles. The molecule has 2 nitrogen and oxygen atoms in total. The summed E-state index contributed by atoms with van der Waals surface area (Å²) in [4.78, 5) is 2.40. The first-order valence-electron chi connectivity index (χ1n) is 6.17. The lowest BCUT2D eigenvalue weighted by atomic mass is 9.68. The standard InChI is InChI=1S/C14H22N2/c1-16(10-13-6-3-2-4-7-13)12-14(11-15)8-5-9-14/h2-4,6-7H,5,8-12,15H2,1H3. The Morgan fingerprint density at radius 1 is 1.25 bits per heavy atom. The van der Waals surface area contributed by atoms with E-state index in [9.17, 15) is 0 Å². The van der Waals surface area contributed by atoms with Crippen LogP contribution in [-0.4, -0.2) is 25.0 Å². The number of nitrogens with zero attached hydrogens (tertiary/aromatic N) is 1. The van der Waals surface area contributed by atoms with E-state index in [0.29, 0.717) is 5.41 Å². The smallest absolute Gasteiger partial charge is 0.0230 e. The minimum atomic E-state index is 0.420.